The molecule has 6 nitrogen and oxygen atoms in total. The number of piperidine rings is 1. The Morgan fingerprint density at radius 1 is 1.31 bits per heavy atom. The van der Waals surface area contributed by atoms with Crippen LogP contribution >= 0.6 is 0 Å². The van der Waals surface area contributed by atoms with Gasteiger partial charge in [0.15, 0.2) is 0 Å². The van der Waals surface area contributed by atoms with Gasteiger partial charge in [-0.05, 0) is 31.4 Å². The van der Waals surface area contributed by atoms with Crippen LogP contribution in [0, 0.1) is 17.2 Å². The van der Waals surface area contributed by atoms with Crippen molar-refractivity contribution in [1.82, 2.24) is 14.9 Å². The van der Waals surface area contributed by atoms with Gasteiger partial charge in [0.05, 0.1) is 23.8 Å². The van der Waals surface area contributed by atoms with Crippen LogP contribution in [0.5, 0.6) is 0 Å². The maximum Gasteiger partial charge on any atom is 0.265 e. The van der Waals surface area contributed by atoms with E-state index in [4.69, 9.17) is 0 Å². The third-order valence-electron chi connectivity index (χ3n) is 5.95. The molecule has 0 N–H and O–H groups in total. The summed E-state index contributed by atoms with van der Waals surface area (Å²) in [7, 11) is 0. The molecule has 4 rings (SSSR count). The van der Waals surface area contributed by atoms with Gasteiger partial charge in [0.25, 0.3) is 5.92 Å². The van der Waals surface area contributed by atoms with Crippen LogP contribution in [-0.2, 0) is 4.79 Å². The van der Waals surface area contributed by atoms with E-state index in [0.29, 0.717) is 28.8 Å². The molecule has 0 spiro atoms. The van der Waals surface area contributed by atoms with Gasteiger partial charge in [-0.1, -0.05) is 0 Å². The van der Waals surface area contributed by atoms with Crippen molar-refractivity contribution in [3.63, 3.8) is 0 Å². The normalized spacial score (nSPS) is 22.7. The topological polar surface area (TPSA) is 73.1 Å². The highest BCUT2D eigenvalue weighted by Crippen LogP contribution is 2.37. The van der Waals surface area contributed by atoms with Gasteiger partial charge in [0, 0.05) is 44.9 Å². The summed E-state index contributed by atoms with van der Waals surface area (Å²) in [6, 6.07) is 5.09. The molecule has 8 heteroatoms. The summed E-state index contributed by atoms with van der Waals surface area (Å²) < 4.78 is 29.1. The van der Waals surface area contributed by atoms with Gasteiger partial charge in [0.2, 0.25) is 0 Å². The first-order chi connectivity index (χ1) is 13.9. The lowest BCUT2D eigenvalue weighted by molar-refractivity contribution is -0.127. The lowest BCUT2D eigenvalue weighted by Crippen LogP contribution is -2.50. The first kappa shape index (κ1) is 19.6. The zero-order valence-electron chi connectivity index (χ0n) is 16.3. The van der Waals surface area contributed by atoms with Crippen molar-refractivity contribution in [2.75, 3.05) is 31.1 Å². The molecule has 0 radical (unpaired) electrons. The Morgan fingerprint density at radius 3 is 2.69 bits per heavy atom. The van der Waals surface area contributed by atoms with E-state index in [-0.39, 0.29) is 24.7 Å². The van der Waals surface area contributed by atoms with E-state index in [9.17, 15) is 18.8 Å². The van der Waals surface area contributed by atoms with E-state index in [1.54, 1.807) is 17.0 Å². The number of halogens is 2. The number of likely N-dealkylation sites (tertiary alicyclic amines) is 1. The molecule has 3 heterocycles. The molecule has 0 bridgehead atoms. The van der Waals surface area contributed by atoms with Gasteiger partial charge in [-0.15, -0.1) is 0 Å². The highest BCUT2D eigenvalue weighted by molar-refractivity contribution is 5.92. The Bertz CT molecular complexity index is 969. The zero-order valence-corrected chi connectivity index (χ0v) is 16.3. The van der Waals surface area contributed by atoms with E-state index < -0.39 is 18.4 Å². The Hall–Kier alpha value is -2.66. The SMILES string of the molecule is CC(C(=O)CC1CN(c2ccc(C#N)c3nccnc23)CC(F)(F)C1)N1CCC1. The highest BCUT2D eigenvalue weighted by atomic mass is 19.3. The Balaban J connectivity index is 1.59. The minimum atomic E-state index is -2.90. The van der Waals surface area contributed by atoms with Crippen molar-refractivity contribution in [3.8, 4) is 6.07 Å². The molecule has 2 aliphatic heterocycles. The van der Waals surface area contributed by atoms with Gasteiger partial charge in [-0.25, -0.2) is 8.78 Å². The number of hydrogen-bond acceptors (Lipinski definition) is 6. The summed E-state index contributed by atoms with van der Waals surface area (Å²) in [4.78, 5) is 24.8. The monoisotopic (exact) mass is 399 g/mol. The summed E-state index contributed by atoms with van der Waals surface area (Å²) in [5, 5.41) is 9.29. The van der Waals surface area contributed by atoms with Crippen molar-refractivity contribution in [2.24, 2.45) is 5.92 Å². The quantitative estimate of drug-likeness (QED) is 0.770. The number of rotatable bonds is 5. The molecular formula is C21H23F2N5O. The lowest BCUT2D eigenvalue weighted by atomic mass is 9.88. The van der Waals surface area contributed by atoms with Crippen molar-refractivity contribution in [1.29, 1.82) is 5.26 Å². The summed E-state index contributed by atoms with van der Waals surface area (Å²) in [6.07, 6.45) is 3.91. The number of Topliss-reactive ketones (excluding diaryl/α,β-unsaturated/α-hetero) is 1. The van der Waals surface area contributed by atoms with Crippen LogP contribution in [0.15, 0.2) is 24.5 Å². The van der Waals surface area contributed by atoms with Gasteiger partial charge in [-0.3, -0.25) is 19.7 Å². The fraction of sp³-hybridized carbons (Fsp3) is 0.524. The predicted octanol–water partition coefficient (Wildman–Crippen LogP) is 3.02. The molecule has 0 amide bonds. The molecule has 2 fully saturated rings. The van der Waals surface area contributed by atoms with Crippen molar-refractivity contribution in [3.05, 3.63) is 30.1 Å². The number of hydrogen-bond donors (Lipinski definition) is 0. The first-order valence-corrected chi connectivity index (χ1v) is 9.91. The van der Waals surface area contributed by atoms with E-state index in [1.165, 1.54) is 12.4 Å². The van der Waals surface area contributed by atoms with Crippen LogP contribution in [0.25, 0.3) is 11.0 Å². The average molecular weight is 399 g/mol. The molecule has 1 aromatic carbocycles. The first-order valence-electron chi connectivity index (χ1n) is 9.91. The second kappa shape index (κ2) is 7.64. The fourth-order valence-electron chi connectivity index (χ4n) is 4.30. The third-order valence-corrected chi connectivity index (χ3v) is 5.95. The number of aromatic nitrogens is 2. The molecule has 2 atom stereocenters. The zero-order chi connectivity index (χ0) is 20.6. The maximum atomic E-state index is 14.6. The largest absolute Gasteiger partial charge is 0.363 e. The number of nitriles is 1. The molecule has 2 saturated heterocycles. The number of carbonyl (C=O) groups excluding carboxylic acids is 1. The van der Waals surface area contributed by atoms with Crippen LogP contribution in [-0.4, -0.2) is 58.8 Å². The number of carbonyl (C=O) groups is 1. The predicted molar refractivity (Wildman–Crippen MR) is 105 cm³/mol. The van der Waals surface area contributed by atoms with E-state index in [0.717, 1.165) is 19.5 Å². The average Bonchev–Trinajstić information content (AvgIpc) is 2.64. The van der Waals surface area contributed by atoms with E-state index >= 15 is 0 Å². The van der Waals surface area contributed by atoms with Gasteiger partial charge < -0.3 is 4.90 Å². The number of benzene rings is 1. The molecule has 2 unspecified atom stereocenters. The Kier molecular flexibility index (Phi) is 5.17. The minimum Gasteiger partial charge on any atom is -0.363 e. The second-order valence-corrected chi connectivity index (χ2v) is 8.04. The van der Waals surface area contributed by atoms with Crippen molar-refractivity contribution in [2.45, 2.75) is 38.2 Å². The number of fused-ring (bicyclic) bond motifs is 1. The van der Waals surface area contributed by atoms with Crippen LogP contribution in [0.4, 0.5) is 14.5 Å². The minimum absolute atomic E-state index is 0.0248. The van der Waals surface area contributed by atoms with Crippen LogP contribution in [0.3, 0.4) is 0 Å². The maximum absolute atomic E-state index is 14.6. The van der Waals surface area contributed by atoms with Crippen LogP contribution < -0.4 is 4.90 Å². The van der Waals surface area contributed by atoms with E-state index in [2.05, 4.69) is 20.9 Å². The standard InChI is InChI=1S/C21H23F2N5O/c1-14(27-7-2-8-27)18(29)9-15-10-21(22,23)13-28(12-15)17-4-3-16(11-24)19-20(17)26-6-5-25-19/h3-6,14-15H,2,7-10,12-13H2,1H3. The van der Waals surface area contributed by atoms with Crippen LogP contribution in [0.2, 0.25) is 0 Å². The summed E-state index contributed by atoms with van der Waals surface area (Å²) >= 11 is 0. The Labute approximate surface area is 168 Å². The number of anilines is 1. The molecule has 29 heavy (non-hydrogen) atoms. The second-order valence-electron chi connectivity index (χ2n) is 8.04. The van der Waals surface area contributed by atoms with Crippen molar-refractivity contribution >= 4 is 22.5 Å². The van der Waals surface area contributed by atoms with Crippen LogP contribution in [0.1, 0.15) is 31.7 Å². The smallest absolute Gasteiger partial charge is 0.265 e. The van der Waals surface area contributed by atoms with Crippen molar-refractivity contribution < 1.29 is 13.6 Å². The van der Waals surface area contributed by atoms with Gasteiger partial charge in [-0.2, -0.15) is 5.26 Å². The number of nitrogens with zero attached hydrogens (tertiary/aromatic N) is 5. The van der Waals surface area contributed by atoms with Gasteiger partial charge >= 0.3 is 0 Å². The lowest BCUT2D eigenvalue weighted by Gasteiger charge is -2.40. The highest BCUT2D eigenvalue weighted by Gasteiger charge is 2.42. The molecule has 0 aliphatic carbocycles. The molecular weight excluding hydrogens is 376 g/mol. The number of alkyl halides is 2. The third kappa shape index (κ3) is 3.92. The Morgan fingerprint density at radius 2 is 2.03 bits per heavy atom. The molecule has 152 valence electrons. The summed E-state index contributed by atoms with van der Waals surface area (Å²) in [6.45, 7) is 3.58. The molecule has 2 aliphatic rings. The summed E-state index contributed by atoms with van der Waals surface area (Å²) in [5.74, 6) is -3.31. The van der Waals surface area contributed by atoms with E-state index in [1.807, 2.05) is 6.92 Å². The fourth-order valence-corrected chi connectivity index (χ4v) is 4.30. The molecule has 0 saturated carbocycles. The van der Waals surface area contributed by atoms with Gasteiger partial charge in [0.1, 0.15) is 22.9 Å². The molecule has 2 aromatic rings. The summed E-state index contributed by atoms with van der Waals surface area (Å²) in [5.41, 5.74) is 1.72. The molecule has 1 aromatic heterocycles. The number of ketones is 1.